The van der Waals surface area contributed by atoms with Crippen molar-refractivity contribution in [3.63, 3.8) is 0 Å². The summed E-state index contributed by atoms with van der Waals surface area (Å²) in [5.74, 6) is -0.271. The van der Waals surface area contributed by atoms with Gasteiger partial charge in [-0.2, -0.15) is 10.2 Å². The molecule has 0 unspecified atom stereocenters. The molecule has 1 amide bonds. The second-order valence-electron chi connectivity index (χ2n) is 6.43. The Balaban J connectivity index is 1.53. The molecule has 4 rings (SSSR count). The molecule has 1 aromatic carbocycles. The van der Waals surface area contributed by atoms with E-state index in [0.29, 0.717) is 22.9 Å². The summed E-state index contributed by atoms with van der Waals surface area (Å²) in [7, 11) is 0. The summed E-state index contributed by atoms with van der Waals surface area (Å²) < 4.78 is 1.86. The number of hydrogen-bond acceptors (Lipinski definition) is 4. The number of carbonyl (C=O) groups excluding carboxylic acids is 1. The van der Waals surface area contributed by atoms with E-state index >= 15 is 0 Å². The average molecular weight is 412 g/mol. The number of nitrogens with zero attached hydrogens (tertiary/aromatic N) is 3. The highest BCUT2D eigenvalue weighted by Gasteiger charge is 2.18. The first-order valence-electron chi connectivity index (χ1n) is 8.70. The molecule has 0 radical (unpaired) electrons. The lowest BCUT2D eigenvalue weighted by Crippen LogP contribution is -2.14. The number of rotatable bonds is 5. The highest BCUT2D eigenvalue weighted by molar-refractivity contribution is 7.13. The number of benzene rings is 1. The molecule has 4 aromatic rings. The molecule has 8 heteroatoms. The molecule has 0 saturated heterocycles. The van der Waals surface area contributed by atoms with Crippen LogP contribution in [0.15, 0.2) is 47.8 Å². The summed E-state index contributed by atoms with van der Waals surface area (Å²) in [4.78, 5) is 13.7. The van der Waals surface area contributed by atoms with Gasteiger partial charge in [-0.3, -0.25) is 14.6 Å². The number of hydrogen-bond donors (Lipinski definition) is 2. The molecule has 3 aromatic heterocycles. The van der Waals surface area contributed by atoms with Crippen LogP contribution in [0.5, 0.6) is 0 Å². The molecule has 2 N–H and O–H groups in total. The van der Waals surface area contributed by atoms with Gasteiger partial charge in [0, 0.05) is 5.02 Å². The van der Waals surface area contributed by atoms with Crippen molar-refractivity contribution in [3.8, 4) is 10.6 Å². The monoisotopic (exact) mass is 411 g/mol. The number of carbonyl (C=O) groups is 1. The molecule has 0 aliphatic carbocycles. The molecule has 6 nitrogen and oxygen atoms in total. The number of H-pyrrole nitrogens is 1. The van der Waals surface area contributed by atoms with Crippen molar-refractivity contribution in [3.05, 3.63) is 75.5 Å². The van der Waals surface area contributed by atoms with Crippen LogP contribution in [0.1, 0.15) is 27.4 Å². The van der Waals surface area contributed by atoms with Crippen LogP contribution < -0.4 is 5.32 Å². The Labute approximate surface area is 171 Å². The van der Waals surface area contributed by atoms with E-state index in [-0.39, 0.29) is 5.91 Å². The summed E-state index contributed by atoms with van der Waals surface area (Å²) >= 11 is 7.66. The molecular weight excluding hydrogens is 394 g/mol. The topological polar surface area (TPSA) is 75.6 Å². The van der Waals surface area contributed by atoms with E-state index in [9.17, 15) is 4.79 Å². The predicted molar refractivity (Wildman–Crippen MR) is 112 cm³/mol. The molecule has 0 atom stereocenters. The second-order valence-corrected chi connectivity index (χ2v) is 7.82. The molecule has 0 aliphatic heterocycles. The van der Waals surface area contributed by atoms with Crippen molar-refractivity contribution in [2.75, 3.05) is 5.32 Å². The quantitative estimate of drug-likeness (QED) is 0.490. The van der Waals surface area contributed by atoms with Crippen molar-refractivity contribution in [2.45, 2.75) is 20.4 Å². The van der Waals surface area contributed by atoms with E-state index < -0.39 is 0 Å². The fraction of sp³-hybridized carbons (Fsp3) is 0.150. The van der Waals surface area contributed by atoms with Gasteiger partial charge in [-0.25, -0.2) is 0 Å². The summed E-state index contributed by atoms with van der Waals surface area (Å²) in [6.45, 7) is 4.38. The predicted octanol–water partition coefficient (Wildman–Crippen LogP) is 4.91. The Kier molecular flexibility index (Phi) is 5.02. The third kappa shape index (κ3) is 3.72. The number of nitrogens with one attached hydrogen (secondary N) is 2. The lowest BCUT2D eigenvalue weighted by atomic mass is 10.2. The van der Waals surface area contributed by atoms with Crippen LogP contribution in [0.25, 0.3) is 10.6 Å². The number of anilines is 1. The van der Waals surface area contributed by atoms with Gasteiger partial charge in [0.2, 0.25) is 0 Å². The molecular formula is C20H18ClN5OS. The Morgan fingerprint density at radius 3 is 2.86 bits per heavy atom. The summed E-state index contributed by atoms with van der Waals surface area (Å²) in [6, 6.07) is 13.3. The maximum absolute atomic E-state index is 12.7. The molecule has 0 bridgehead atoms. The first-order valence-corrected chi connectivity index (χ1v) is 9.96. The number of thiophene rings is 1. The number of halogens is 1. The molecule has 28 heavy (non-hydrogen) atoms. The van der Waals surface area contributed by atoms with Gasteiger partial charge in [0.05, 0.1) is 34.2 Å². The van der Waals surface area contributed by atoms with Gasteiger partial charge in [0.1, 0.15) is 0 Å². The van der Waals surface area contributed by atoms with Gasteiger partial charge >= 0.3 is 0 Å². The fourth-order valence-electron chi connectivity index (χ4n) is 3.01. The van der Waals surface area contributed by atoms with Crippen molar-refractivity contribution >= 4 is 34.5 Å². The van der Waals surface area contributed by atoms with Crippen LogP contribution in [-0.4, -0.2) is 25.9 Å². The summed E-state index contributed by atoms with van der Waals surface area (Å²) in [5, 5.41) is 17.2. The molecule has 3 heterocycles. The van der Waals surface area contributed by atoms with Crippen molar-refractivity contribution in [1.82, 2.24) is 20.0 Å². The van der Waals surface area contributed by atoms with Gasteiger partial charge in [-0.05, 0) is 49.1 Å². The first-order chi connectivity index (χ1) is 13.5. The van der Waals surface area contributed by atoms with Gasteiger partial charge in [0.15, 0.2) is 5.69 Å². The second kappa shape index (κ2) is 7.61. The van der Waals surface area contributed by atoms with E-state index in [2.05, 4.69) is 20.6 Å². The van der Waals surface area contributed by atoms with Gasteiger partial charge in [-0.15, -0.1) is 11.3 Å². The summed E-state index contributed by atoms with van der Waals surface area (Å²) in [6.07, 6.45) is 0. The van der Waals surface area contributed by atoms with Crippen LogP contribution in [0.4, 0.5) is 5.69 Å². The average Bonchev–Trinajstić information content (AvgIpc) is 3.39. The largest absolute Gasteiger partial charge is 0.317 e. The van der Waals surface area contributed by atoms with Crippen LogP contribution >= 0.6 is 22.9 Å². The molecule has 142 valence electrons. The third-order valence-electron chi connectivity index (χ3n) is 4.44. The van der Waals surface area contributed by atoms with Crippen LogP contribution in [0.2, 0.25) is 5.02 Å². The highest BCUT2D eigenvalue weighted by atomic mass is 35.5. The highest BCUT2D eigenvalue weighted by Crippen LogP contribution is 2.25. The van der Waals surface area contributed by atoms with Crippen molar-refractivity contribution < 1.29 is 4.79 Å². The minimum atomic E-state index is -0.271. The Hall–Kier alpha value is -2.90. The SMILES string of the molecule is Cc1nn(Cc2cccc(Cl)c2)c(C)c1NC(=O)c1cc(-c2cccs2)[nH]n1. The van der Waals surface area contributed by atoms with Crippen molar-refractivity contribution in [2.24, 2.45) is 0 Å². The van der Waals surface area contributed by atoms with E-state index in [1.54, 1.807) is 17.4 Å². The number of aryl methyl sites for hydroxylation is 1. The van der Waals surface area contributed by atoms with Gasteiger partial charge in [0.25, 0.3) is 5.91 Å². The minimum Gasteiger partial charge on any atom is -0.317 e. The van der Waals surface area contributed by atoms with Gasteiger partial charge < -0.3 is 5.32 Å². The molecule has 0 fully saturated rings. The van der Waals surface area contributed by atoms with E-state index in [0.717, 1.165) is 27.5 Å². The van der Waals surface area contributed by atoms with Crippen LogP contribution in [0.3, 0.4) is 0 Å². The van der Waals surface area contributed by atoms with E-state index in [1.165, 1.54) is 0 Å². The minimum absolute atomic E-state index is 0.271. The zero-order valence-electron chi connectivity index (χ0n) is 15.4. The lowest BCUT2D eigenvalue weighted by Gasteiger charge is -2.07. The normalized spacial score (nSPS) is 11.0. The molecule has 0 spiro atoms. The summed E-state index contributed by atoms with van der Waals surface area (Å²) in [5.41, 5.74) is 4.54. The number of aromatic nitrogens is 4. The van der Waals surface area contributed by atoms with Gasteiger partial charge in [-0.1, -0.05) is 29.8 Å². The third-order valence-corrected chi connectivity index (χ3v) is 5.58. The lowest BCUT2D eigenvalue weighted by molar-refractivity contribution is 0.102. The van der Waals surface area contributed by atoms with E-state index in [4.69, 9.17) is 11.6 Å². The van der Waals surface area contributed by atoms with Crippen molar-refractivity contribution in [1.29, 1.82) is 0 Å². The standard InChI is InChI=1S/C20H18ClN5OS/c1-12-19(13(2)26(25-12)11-14-5-3-6-15(21)9-14)22-20(27)17-10-16(23-24-17)18-7-4-8-28-18/h3-10H,11H2,1-2H3,(H,22,27)(H,23,24). The Morgan fingerprint density at radius 2 is 2.11 bits per heavy atom. The maximum Gasteiger partial charge on any atom is 0.276 e. The van der Waals surface area contributed by atoms with Crippen LogP contribution in [0, 0.1) is 13.8 Å². The molecule has 0 saturated carbocycles. The van der Waals surface area contributed by atoms with E-state index in [1.807, 2.05) is 60.3 Å². The Morgan fingerprint density at radius 1 is 1.25 bits per heavy atom. The Bertz CT molecular complexity index is 1130. The zero-order valence-corrected chi connectivity index (χ0v) is 16.9. The molecule has 0 aliphatic rings. The first kappa shape index (κ1) is 18.5. The zero-order chi connectivity index (χ0) is 19.7. The van der Waals surface area contributed by atoms with Crippen LogP contribution in [-0.2, 0) is 6.54 Å². The smallest absolute Gasteiger partial charge is 0.276 e. The maximum atomic E-state index is 12.7. The number of aromatic amines is 1. The number of amides is 1. The fourth-order valence-corrected chi connectivity index (χ4v) is 3.92.